The molecule has 2 atom stereocenters. The molecule has 2 aliphatic rings. The fourth-order valence-electron chi connectivity index (χ4n) is 2.70. The lowest BCUT2D eigenvalue weighted by atomic mass is 10.1. The largest absolute Gasteiger partial charge is 0.457 e. The summed E-state index contributed by atoms with van der Waals surface area (Å²) in [5, 5.41) is 0. The van der Waals surface area contributed by atoms with Gasteiger partial charge in [0.2, 0.25) is 6.29 Å². The van der Waals surface area contributed by atoms with Gasteiger partial charge in [-0.25, -0.2) is 14.4 Å². The zero-order valence-corrected chi connectivity index (χ0v) is 13.0. The fraction of sp³-hybridized carbons (Fsp3) is 0.533. The Bertz CT molecular complexity index is 679. The Morgan fingerprint density at radius 1 is 1.29 bits per heavy atom. The van der Waals surface area contributed by atoms with Crippen molar-refractivity contribution in [3.8, 4) is 6.01 Å². The molecule has 0 aliphatic carbocycles. The molecular weight excluding hydrogens is 319 g/mol. The van der Waals surface area contributed by atoms with E-state index < -0.39 is 18.6 Å². The lowest BCUT2D eigenvalue weighted by Crippen LogP contribution is -2.47. The molecule has 2 aromatic heterocycles. The number of ether oxygens (including phenoxy) is 3. The highest BCUT2D eigenvalue weighted by Gasteiger charge is 2.35. The van der Waals surface area contributed by atoms with E-state index in [9.17, 15) is 4.39 Å². The summed E-state index contributed by atoms with van der Waals surface area (Å²) >= 11 is 0. The average Bonchev–Trinajstić information content (AvgIpc) is 3.04. The van der Waals surface area contributed by atoms with Crippen LogP contribution in [0.1, 0.15) is 25.3 Å². The summed E-state index contributed by atoms with van der Waals surface area (Å²) in [7, 11) is 0. The molecule has 4 heterocycles. The fourth-order valence-corrected chi connectivity index (χ4v) is 2.70. The van der Waals surface area contributed by atoms with E-state index in [0.717, 1.165) is 0 Å². The minimum atomic E-state index is -1.20. The van der Waals surface area contributed by atoms with Crippen molar-refractivity contribution in [3.05, 3.63) is 30.4 Å². The third-order valence-electron chi connectivity index (χ3n) is 3.93. The maximum atomic E-state index is 14.4. The number of anilines is 1. The number of rotatable bonds is 4. The summed E-state index contributed by atoms with van der Waals surface area (Å²) in [6, 6.07) is 2.22. The van der Waals surface area contributed by atoms with Gasteiger partial charge in [0, 0.05) is 25.4 Å². The Morgan fingerprint density at radius 2 is 2.08 bits per heavy atom. The summed E-state index contributed by atoms with van der Waals surface area (Å²) in [5.41, 5.74) is 0.551. The zero-order chi connectivity index (χ0) is 16.5. The second kappa shape index (κ2) is 6.33. The molecule has 24 heavy (non-hydrogen) atoms. The van der Waals surface area contributed by atoms with Crippen LogP contribution in [0.4, 0.5) is 10.4 Å². The summed E-state index contributed by atoms with van der Waals surface area (Å²) in [5.74, 6) is 0. The predicted octanol–water partition coefficient (Wildman–Crippen LogP) is 1.85. The molecule has 2 aromatic rings. The second-order valence-corrected chi connectivity index (χ2v) is 5.67. The molecule has 0 unspecified atom stereocenters. The molecular formula is C15H17FN4O4. The monoisotopic (exact) mass is 336 g/mol. The molecule has 8 nitrogen and oxygen atoms in total. The van der Waals surface area contributed by atoms with E-state index in [1.165, 1.54) is 6.26 Å². The molecule has 0 N–H and O–H groups in total. The Kier molecular flexibility index (Phi) is 4.03. The van der Waals surface area contributed by atoms with E-state index in [4.69, 9.17) is 18.6 Å². The van der Waals surface area contributed by atoms with E-state index in [2.05, 4.69) is 15.0 Å². The number of aromatic nitrogens is 3. The van der Waals surface area contributed by atoms with Crippen molar-refractivity contribution >= 4 is 6.01 Å². The van der Waals surface area contributed by atoms with Gasteiger partial charge in [0.15, 0.2) is 12.5 Å². The van der Waals surface area contributed by atoms with Crippen LogP contribution in [0.15, 0.2) is 29.1 Å². The number of hydrogen-bond donors (Lipinski definition) is 0. The van der Waals surface area contributed by atoms with Crippen LogP contribution in [0.5, 0.6) is 6.01 Å². The van der Waals surface area contributed by atoms with Gasteiger partial charge in [-0.3, -0.25) is 0 Å². The minimum Gasteiger partial charge on any atom is -0.457 e. The SMILES string of the molecule is CC1OC(c2coc(N3CC[C@H](Oc4ncccn4)[C@H](F)C3)n2)O1. The lowest BCUT2D eigenvalue weighted by molar-refractivity contribution is -0.383. The maximum absolute atomic E-state index is 14.4. The molecule has 4 rings (SSSR count). The van der Waals surface area contributed by atoms with Crippen molar-refractivity contribution in [2.45, 2.75) is 38.2 Å². The van der Waals surface area contributed by atoms with Crippen molar-refractivity contribution in [1.29, 1.82) is 0 Å². The number of halogens is 1. The van der Waals surface area contributed by atoms with Gasteiger partial charge in [-0.1, -0.05) is 0 Å². The molecule has 2 fully saturated rings. The Balaban J connectivity index is 1.36. The zero-order valence-electron chi connectivity index (χ0n) is 13.0. The summed E-state index contributed by atoms with van der Waals surface area (Å²) < 4.78 is 36.1. The first-order valence-electron chi connectivity index (χ1n) is 7.78. The van der Waals surface area contributed by atoms with E-state index in [0.29, 0.717) is 24.7 Å². The molecule has 0 amide bonds. The van der Waals surface area contributed by atoms with Gasteiger partial charge < -0.3 is 23.5 Å². The molecule has 2 aliphatic heterocycles. The molecule has 0 bridgehead atoms. The molecule has 9 heteroatoms. The van der Waals surface area contributed by atoms with Gasteiger partial charge >= 0.3 is 6.01 Å². The first kappa shape index (κ1) is 15.3. The van der Waals surface area contributed by atoms with E-state index in [1.807, 2.05) is 0 Å². The van der Waals surface area contributed by atoms with Crippen molar-refractivity contribution in [2.24, 2.45) is 0 Å². The highest BCUT2D eigenvalue weighted by molar-refractivity contribution is 5.29. The number of piperidine rings is 1. The highest BCUT2D eigenvalue weighted by atomic mass is 19.1. The summed E-state index contributed by atoms with van der Waals surface area (Å²) in [6.45, 7) is 2.48. The van der Waals surface area contributed by atoms with Crippen molar-refractivity contribution < 1.29 is 23.0 Å². The Morgan fingerprint density at radius 3 is 2.79 bits per heavy atom. The number of alkyl halides is 1. The number of nitrogens with zero attached hydrogens (tertiary/aromatic N) is 4. The van der Waals surface area contributed by atoms with Crippen LogP contribution in [0.25, 0.3) is 0 Å². The molecule has 128 valence electrons. The average molecular weight is 336 g/mol. The third-order valence-corrected chi connectivity index (χ3v) is 3.93. The quantitative estimate of drug-likeness (QED) is 0.836. The topological polar surface area (TPSA) is 82.7 Å². The maximum Gasteiger partial charge on any atom is 0.316 e. The van der Waals surface area contributed by atoms with Crippen LogP contribution in [-0.4, -0.2) is 46.6 Å². The standard InChI is InChI=1S/C15H17FN4O4/c1-9-22-13(23-9)11-8-21-15(19-11)20-6-3-12(10(16)7-20)24-14-17-4-2-5-18-14/h2,4-5,8-10,12-13H,3,6-7H2,1H3/t9?,10-,12+,13?/m1/s1. The predicted molar refractivity (Wildman–Crippen MR) is 79.1 cm³/mol. The van der Waals surface area contributed by atoms with Crippen molar-refractivity contribution in [1.82, 2.24) is 15.0 Å². The van der Waals surface area contributed by atoms with E-state index in [-0.39, 0.29) is 18.8 Å². The smallest absolute Gasteiger partial charge is 0.316 e. The van der Waals surface area contributed by atoms with Gasteiger partial charge in [-0.15, -0.1) is 0 Å². The van der Waals surface area contributed by atoms with Crippen LogP contribution in [0.2, 0.25) is 0 Å². The third kappa shape index (κ3) is 3.04. The lowest BCUT2D eigenvalue weighted by Gasteiger charge is -2.33. The van der Waals surface area contributed by atoms with Crippen LogP contribution in [-0.2, 0) is 9.47 Å². The van der Waals surface area contributed by atoms with Gasteiger partial charge in [0.1, 0.15) is 18.1 Å². The first-order chi connectivity index (χ1) is 11.7. The minimum absolute atomic E-state index is 0.125. The van der Waals surface area contributed by atoms with Crippen LogP contribution in [0, 0.1) is 0 Å². The van der Waals surface area contributed by atoms with Crippen molar-refractivity contribution in [3.63, 3.8) is 0 Å². The Labute approximate surface area is 137 Å². The summed E-state index contributed by atoms with van der Waals surface area (Å²) in [4.78, 5) is 14.0. The molecule has 0 spiro atoms. The second-order valence-electron chi connectivity index (χ2n) is 5.67. The van der Waals surface area contributed by atoms with Gasteiger partial charge in [-0.05, 0) is 13.0 Å². The first-order valence-corrected chi connectivity index (χ1v) is 7.78. The van der Waals surface area contributed by atoms with E-state index in [1.54, 1.807) is 30.3 Å². The highest BCUT2D eigenvalue weighted by Crippen LogP contribution is 2.32. The molecule has 0 saturated carbocycles. The number of hydrogen-bond acceptors (Lipinski definition) is 8. The van der Waals surface area contributed by atoms with Crippen LogP contribution in [0.3, 0.4) is 0 Å². The van der Waals surface area contributed by atoms with Crippen LogP contribution >= 0.6 is 0 Å². The molecule has 0 aromatic carbocycles. The molecule has 0 radical (unpaired) electrons. The van der Waals surface area contributed by atoms with E-state index >= 15 is 0 Å². The van der Waals surface area contributed by atoms with Crippen LogP contribution < -0.4 is 9.64 Å². The number of oxazole rings is 1. The normalized spacial score (nSPS) is 30.0. The van der Waals surface area contributed by atoms with Crippen molar-refractivity contribution in [2.75, 3.05) is 18.0 Å². The van der Waals surface area contributed by atoms with Gasteiger partial charge in [-0.2, -0.15) is 4.98 Å². The Hall–Kier alpha value is -2.26. The van der Waals surface area contributed by atoms with Gasteiger partial charge in [0.05, 0.1) is 6.54 Å². The molecule has 2 saturated heterocycles. The summed E-state index contributed by atoms with van der Waals surface area (Å²) in [6.07, 6.45) is 2.54. The van der Waals surface area contributed by atoms with Gasteiger partial charge in [0.25, 0.3) is 6.01 Å².